The van der Waals surface area contributed by atoms with Crippen LogP contribution in [-0.4, -0.2) is 0 Å². The molecule has 1 fully saturated rings. The Morgan fingerprint density at radius 2 is 1.47 bits per heavy atom. The van der Waals surface area contributed by atoms with E-state index in [1.807, 2.05) is 12.1 Å². The highest BCUT2D eigenvalue weighted by molar-refractivity contribution is 5.35. The van der Waals surface area contributed by atoms with Crippen molar-refractivity contribution in [1.82, 2.24) is 0 Å². The van der Waals surface area contributed by atoms with Crippen molar-refractivity contribution in [1.29, 1.82) is 5.26 Å². The molecule has 1 saturated carbocycles. The summed E-state index contributed by atoms with van der Waals surface area (Å²) in [5.41, 5.74) is 5.37. The van der Waals surface area contributed by atoms with E-state index in [4.69, 9.17) is 5.26 Å². The Bertz CT molecular complexity index is 1010. The Kier molecular flexibility index (Phi) is 6.29. The number of hydrogen-bond acceptors (Lipinski definition) is 1. The normalized spacial score (nSPS) is 19.8. The molecule has 0 bridgehead atoms. The zero-order valence-electron chi connectivity index (χ0n) is 17.5. The van der Waals surface area contributed by atoms with Gasteiger partial charge in [-0.05, 0) is 84.2 Å². The molecular weight excluding hydrogens is 369 g/mol. The van der Waals surface area contributed by atoms with Gasteiger partial charge in [-0.25, -0.2) is 4.39 Å². The average molecular weight is 398 g/mol. The molecule has 2 heteroatoms. The second-order valence-electron chi connectivity index (χ2n) is 8.66. The molecule has 0 heterocycles. The lowest BCUT2D eigenvalue weighted by Gasteiger charge is -2.29. The first-order valence-electron chi connectivity index (χ1n) is 11.0. The van der Waals surface area contributed by atoms with Crippen molar-refractivity contribution in [2.24, 2.45) is 0 Å². The van der Waals surface area contributed by atoms with Crippen molar-refractivity contribution < 1.29 is 4.39 Å². The highest BCUT2D eigenvalue weighted by atomic mass is 19.1. The second-order valence-corrected chi connectivity index (χ2v) is 8.66. The molecule has 0 aliphatic heterocycles. The van der Waals surface area contributed by atoms with Gasteiger partial charge in [0.25, 0.3) is 0 Å². The van der Waals surface area contributed by atoms with Gasteiger partial charge in [-0.2, -0.15) is 5.26 Å². The van der Waals surface area contributed by atoms with Crippen LogP contribution in [0.1, 0.15) is 78.2 Å². The maximum atomic E-state index is 14.0. The molecule has 0 amide bonds. The van der Waals surface area contributed by atoms with Gasteiger partial charge in [0.1, 0.15) is 11.9 Å². The quantitative estimate of drug-likeness (QED) is 0.437. The van der Waals surface area contributed by atoms with E-state index in [0.717, 1.165) is 37.7 Å². The van der Waals surface area contributed by atoms with E-state index in [1.54, 1.807) is 12.1 Å². The van der Waals surface area contributed by atoms with Gasteiger partial charge in [0, 0.05) is 0 Å². The molecule has 0 N–H and O–H groups in total. The fraction of sp³-hybridized carbons (Fsp3) is 0.321. The van der Waals surface area contributed by atoms with E-state index in [-0.39, 0.29) is 5.56 Å². The first-order chi connectivity index (χ1) is 14.6. The third-order valence-electron chi connectivity index (χ3n) is 6.67. The standard InChI is InChI=1S/C28H28FN/c1-20(22-5-3-2-4-6-22)17-21-7-9-23(10-8-21)24-11-13-25(14-12-24)26-15-16-27(19-30)28(29)18-26/h2-10,15-16,18,20,24-25H,11-14,17H2,1H3. The first kappa shape index (κ1) is 20.4. The molecule has 1 aliphatic rings. The van der Waals surface area contributed by atoms with Crippen LogP contribution in [0.25, 0.3) is 0 Å². The van der Waals surface area contributed by atoms with Crippen molar-refractivity contribution in [2.75, 3.05) is 0 Å². The molecule has 1 unspecified atom stereocenters. The van der Waals surface area contributed by atoms with Crippen LogP contribution in [0, 0.1) is 17.1 Å². The van der Waals surface area contributed by atoms with Crippen molar-refractivity contribution in [2.45, 2.75) is 56.8 Å². The first-order valence-corrected chi connectivity index (χ1v) is 11.0. The van der Waals surface area contributed by atoms with E-state index in [2.05, 4.69) is 61.5 Å². The van der Waals surface area contributed by atoms with Crippen LogP contribution in [0.4, 0.5) is 4.39 Å². The molecular formula is C28H28FN. The van der Waals surface area contributed by atoms with Crippen LogP contribution in [0.2, 0.25) is 0 Å². The monoisotopic (exact) mass is 397 g/mol. The molecule has 4 rings (SSSR count). The van der Waals surface area contributed by atoms with Crippen molar-refractivity contribution in [3.63, 3.8) is 0 Å². The lowest BCUT2D eigenvalue weighted by molar-refractivity contribution is 0.395. The summed E-state index contributed by atoms with van der Waals surface area (Å²) < 4.78 is 14.0. The Balaban J connectivity index is 1.35. The lowest BCUT2D eigenvalue weighted by atomic mass is 9.76. The summed E-state index contributed by atoms with van der Waals surface area (Å²) in [5.74, 6) is 1.11. The summed E-state index contributed by atoms with van der Waals surface area (Å²) in [6.07, 6.45) is 5.46. The highest BCUT2D eigenvalue weighted by Crippen LogP contribution is 2.40. The molecule has 30 heavy (non-hydrogen) atoms. The van der Waals surface area contributed by atoms with Crippen molar-refractivity contribution in [3.8, 4) is 6.07 Å². The minimum absolute atomic E-state index is 0.133. The predicted molar refractivity (Wildman–Crippen MR) is 120 cm³/mol. The van der Waals surface area contributed by atoms with Gasteiger partial charge >= 0.3 is 0 Å². The minimum atomic E-state index is -0.391. The average Bonchev–Trinajstić information content (AvgIpc) is 2.80. The summed E-state index contributed by atoms with van der Waals surface area (Å²) in [6, 6.07) is 26.9. The fourth-order valence-corrected chi connectivity index (χ4v) is 4.81. The largest absolute Gasteiger partial charge is 0.206 e. The number of benzene rings is 3. The molecule has 0 spiro atoms. The zero-order chi connectivity index (χ0) is 20.9. The van der Waals surface area contributed by atoms with Gasteiger partial charge in [0.05, 0.1) is 5.56 Å². The third kappa shape index (κ3) is 4.62. The van der Waals surface area contributed by atoms with Gasteiger partial charge in [0.15, 0.2) is 0 Å². The van der Waals surface area contributed by atoms with Gasteiger partial charge in [-0.3, -0.25) is 0 Å². The van der Waals surface area contributed by atoms with Crippen LogP contribution in [0.5, 0.6) is 0 Å². The second kappa shape index (κ2) is 9.26. The van der Waals surface area contributed by atoms with Crippen LogP contribution >= 0.6 is 0 Å². The third-order valence-corrected chi connectivity index (χ3v) is 6.67. The Morgan fingerprint density at radius 3 is 2.07 bits per heavy atom. The van der Waals surface area contributed by atoms with E-state index >= 15 is 0 Å². The maximum Gasteiger partial charge on any atom is 0.141 e. The fourth-order valence-electron chi connectivity index (χ4n) is 4.81. The number of nitrogens with zero attached hydrogens (tertiary/aromatic N) is 1. The van der Waals surface area contributed by atoms with Crippen molar-refractivity contribution in [3.05, 3.63) is 106 Å². The van der Waals surface area contributed by atoms with Crippen LogP contribution in [0.15, 0.2) is 72.8 Å². The molecule has 0 aromatic heterocycles. The number of nitriles is 1. The smallest absolute Gasteiger partial charge is 0.141 e. The number of hydrogen-bond donors (Lipinski definition) is 0. The summed E-state index contributed by atoms with van der Waals surface area (Å²) in [4.78, 5) is 0. The van der Waals surface area contributed by atoms with E-state index in [1.165, 1.54) is 16.7 Å². The van der Waals surface area contributed by atoms with Gasteiger partial charge in [-0.15, -0.1) is 0 Å². The summed E-state index contributed by atoms with van der Waals surface area (Å²) in [5, 5.41) is 8.92. The van der Waals surface area contributed by atoms with Gasteiger partial charge < -0.3 is 0 Å². The summed E-state index contributed by atoms with van der Waals surface area (Å²) in [6.45, 7) is 2.29. The molecule has 3 aromatic carbocycles. The van der Waals surface area contributed by atoms with Gasteiger partial charge in [-0.1, -0.05) is 67.6 Å². The highest BCUT2D eigenvalue weighted by Gasteiger charge is 2.24. The van der Waals surface area contributed by atoms with Crippen LogP contribution in [-0.2, 0) is 6.42 Å². The summed E-state index contributed by atoms with van der Waals surface area (Å²) >= 11 is 0. The van der Waals surface area contributed by atoms with Crippen LogP contribution < -0.4 is 0 Å². The molecule has 1 nitrogen and oxygen atoms in total. The lowest BCUT2D eigenvalue weighted by Crippen LogP contribution is -2.12. The number of rotatable bonds is 5. The molecule has 1 atom stereocenters. The van der Waals surface area contributed by atoms with E-state index in [9.17, 15) is 4.39 Å². The molecule has 0 radical (unpaired) electrons. The van der Waals surface area contributed by atoms with Crippen LogP contribution in [0.3, 0.4) is 0 Å². The topological polar surface area (TPSA) is 23.8 Å². The Labute approximate surface area is 179 Å². The SMILES string of the molecule is CC(Cc1ccc(C2CCC(c3ccc(C#N)c(F)c3)CC2)cc1)c1ccccc1. The Hall–Kier alpha value is -2.92. The van der Waals surface area contributed by atoms with E-state index < -0.39 is 5.82 Å². The molecule has 1 aliphatic carbocycles. The Morgan fingerprint density at radius 1 is 0.867 bits per heavy atom. The maximum absolute atomic E-state index is 14.0. The zero-order valence-corrected chi connectivity index (χ0v) is 17.5. The molecule has 152 valence electrons. The predicted octanol–water partition coefficient (Wildman–Crippen LogP) is 7.48. The van der Waals surface area contributed by atoms with Crippen molar-refractivity contribution >= 4 is 0 Å². The minimum Gasteiger partial charge on any atom is -0.206 e. The van der Waals surface area contributed by atoms with Gasteiger partial charge in [0.2, 0.25) is 0 Å². The number of halogens is 1. The van der Waals surface area contributed by atoms with E-state index in [0.29, 0.717) is 17.8 Å². The molecule has 0 saturated heterocycles. The summed E-state index contributed by atoms with van der Waals surface area (Å²) in [7, 11) is 0. The molecule has 3 aromatic rings.